The van der Waals surface area contributed by atoms with E-state index in [4.69, 9.17) is 4.74 Å². The Kier molecular flexibility index (Phi) is 10.4. The van der Waals surface area contributed by atoms with E-state index in [1.165, 1.54) is 7.11 Å². The zero-order valence-corrected chi connectivity index (χ0v) is 24.0. The number of carbonyl (C=O) groups excluding carboxylic acids is 4. The van der Waals surface area contributed by atoms with Crippen molar-refractivity contribution in [3.05, 3.63) is 108 Å². The number of H-pyrrole nitrogens is 1. The molecule has 0 fully saturated rings. The van der Waals surface area contributed by atoms with E-state index < -0.39 is 35.6 Å². The topological polar surface area (TPSA) is 151 Å². The molecule has 0 radical (unpaired) electrons. The largest absolute Gasteiger partial charge is 0.468 e. The van der Waals surface area contributed by atoms with Gasteiger partial charge >= 0.3 is 18.1 Å². The number of esters is 1. The van der Waals surface area contributed by atoms with E-state index in [-0.39, 0.29) is 26.1 Å². The highest BCUT2D eigenvalue weighted by atomic mass is 16.5. The molecule has 11 heteroatoms. The summed E-state index contributed by atoms with van der Waals surface area (Å²) < 4.78 is 9.99. The lowest BCUT2D eigenvalue weighted by molar-refractivity contribution is -0.139. The van der Waals surface area contributed by atoms with Gasteiger partial charge in [-0.25, -0.2) is 9.59 Å². The second kappa shape index (κ2) is 14.5. The summed E-state index contributed by atoms with van der Waals surface area (Å²) in [6, 6.07) is 24.7. The van der Waals surface area contributed by atoms with Crippen LogP contribution in [0.2, 0.25) is 0 Å². The molecule has 224 valence electrons. The Hall–Kier alpha value is -5.32. The lowest BCUT2D eigenvalue weighted by Crippen LogP contribution is -2.61. The minimum absolute atomic E-state index is 0.0121. The van der Waals surface area contributed by atoms with Crippen LogP contribution in [0, 0.1) is 0 Å². The molecule has 0 bridgehead atoms. The van der Waals surface area contributed by atoms with Crippen LogP contribution in [-0.2, 0) is 32.1 Å². The number of rotatable bonds is 12. The molecule has 2 atom stereocenters. The quantitative estimate of drug-likeness (QED) is 0.160. The van der Waals surface area contributed by atoms with Crippen molar-refractivity contribution in [2.75, 3.05) is 20.2 Å². The molecular weight excluding hydrogens is 550 g/mol. The first-order valence-electron chi connectivity index (χ1n) is 13.8. The molecule has 0 unspecified atom stereocenters. The lowest BCUT2D eigenvalue weighted by atomic mass is 9.91. The van der Waals surface area contributed by atoms with Crippen molar-refractivity contribution < 1.29 is 28.7 Å². The SMILES string of the molecule is COC(=O)CNC(=O)N[C@](C)(Cc1c[nH]c2ccccc12)C(=O)NC[C@H](NC(=O)OCc1ccccc1)c1ccccc1. The number of fused-ring (bicyclic) bond motifs is 1. The predicted octanol–water partition coefficient (Wildman–Crippen LogP) is 3.73. The first-order valence-corrected chi connectivity index (χ1v) is 13.8. The molecule has 1 heterocycles. The summed E-state index contributed by atoms with van der Waals surface area (Å²) in [5, 5.41) is 11.8. The van der Waals surface area contributed by atoms with Gasteiger partial charge in [0.1, 0.15) is 18.7 Å². The van der Waals surface area contributed by atoms with Crippen LogP contribution < -0.4 is 21.3 Å². The molecule has 0 saturated carbocycles. The van der Waals surface area contributed by atoms with Crippen molar-refractivity contribution in [1.29, 1.82) is 0 Å². The number of para-hydroxylation sites is 1. The summed E-state index contributed by atoms with van der Waals surface area (Å²) in [6.07, 6.45) is 1.28. The van der Waals surface area contributed by atoms with Gasteiger partial charge in [-0.15, -0.1) is 0 Å². The Morgan fingerprint density at radius 3 is 2.28 bits per heavy atom. The van der Waals surface area contributed by atoms with Crippen LogP contribution in [0.4, 0.5) is 9.59 Å². The molecular formula is C32H35N5O6. The third-order valence-corrected chi connectivity index (χ3v) is 6.90. The minimum Gasteiger partial charge on any atom is -0.468 e. The third kappa shape index (κ3) is 8.59. The molecule has 0 saturated heterocycles. The lowest BCUT2D eigenvalue weighted by Gasteiger charge is -2.30. The van der Waals surface area contributed by atoms with E-state index in [1.54, 1.807) is 13.1 Å². The Morgan fingerprint density at radius 2 is 1.56 bits per heavy atom. The molecule has 4 amide bonds. The van der Waals surface area contributed by atoms with Crippen LogP contribution >= 0.6 is 0 Å². The van der Waals surface area contributed by atoms with Gasteiger partial charge in [-0.2, -0.15) is 0 Å². The highest BCUT2D eigenvalue weighted by Gasteiger charge is 2.36. The summed E-state index contributed by atoms with van der Waals surface area (Å²) in [5.74, 6) is -1.12. The van der Waals surface area contributed by atoms with Gasteiger partial charge in [-0.3, -0.25) is 9.59 Å². The molecule has 11 nitrogen and oxygen atoms in total. The number of carbonyl (C=O) groups is 4. The van der Waals surface area contributed by atoms with Crippen LogP contribution in [0.5, 0.6) is 0 Å². The van der Waals surface area contributed by atoms with Crippen LogP contribution in [-0.4, -0.2) is 54.7 Å². The molecule has 0 spiro atoms. The van der Waals surface area contributed by atoms with Gasteiger partial charge in [0.25, 0.3) is 0 Å². The smallest absolute Gasteiger partial charge is 0.408 e. The Balaban J connectivity index is 1.49. The van der Waals surface area contributed by atoms with E-state index in [0.717, 1.165) is 27.6 Å². The molecule has 5 N–H and O–H groups in total. The standard InChI is InChI=1S/C32H35N5O6/c1-32(37-30(40)35-20-28(38)42-2,17-24-18-33-26-16-10-9-15-25(24)26)29(39)34-19-27(23-13-7-4-8-14-23)36-31(41)43-21-22-11-5-3-6-12-22/h3-16,18,27,33H,17,19-21H2,1-2H3,(H,34,39)(H,36,41)(H2,35,37,40)/t27-,32+/m0/s1. The Labute approximate surface area is 249 Å². The first-order chi connectivity index (χ1) is 20.8. The van der Waals surface area contributed by atoms with E-state index in [2.05, 4.69) is 31.0 Å². The monoisotopic (exact) mass is 585 g/mol. The van der Waals surface area contributed by atoms with E-state index in [1.807, 2.05) is 84.9 Å². The minimum atomic E-state index is -1.44. The van der Waals surface area contributed by atoms with Gasteiger partial charge in [-0.05, 0) is 29.7 Å². The fourth-order valence-electron chi connectivity index (χ4n) is 4.59. The molecule has 1 aromatic heterocycles. The molecule has 3 aromatic carbocycles. The van der Waals surface area contributed by atoms with Crippen molar-refractivity contribution >= 4 is 34.9 Å². The number of alkyl carbamates (subject to hydrolysis) is 1. The van der Waals surface area contributed by atoms with Crippen molar-refractivity contribution in [2.24, 2.45) is 0 Å². The highest BCUT2D eigenvalue weighted by molar-refractivity contribution is 5.93. The highest BCUT2D eigenvalue weighted by Crippen LogP contribution is 2.23. The number of aromatic amines is 1. The maximum absolute atomic E-state index is 13.8. The molecule has 0 aliphatic carbocycles. The van der Waals surface area contributed by atoms with Crippen LogP contribution in [0.3, 0.4) is 0 Å². The van der Waals surface area contributed by atoms with Crippen molar-refractivity contribution in [1.82, 2.24) is 26.3 Å². The van der Waals surface area contributed by atoms with Crippen LogP contribution in [0.1, 0.15) is 29.7 Å². The summed E-state index contributed by atoms with van der Waals surface area (Å²) in [6.45, 7) is 1.34. The number of benzene rings is 3. The number of methoxy groups -OCH3 is 1. The van der Waals surface area contributed by atoms with Gasteiger partial charge in [-0.1, -0.05) is 78.9 Å². The van der Waals surface area contributed by atoms with Crippen molar-refractivity contribution in [3.8, 4) is 0 Å². The fourth-order valence-corrected chi connectivity index (χ4v) is 4.59. The summed E-state index contributed by atoms with van der Waals surface area (Å²) in [7, 11) is 1.21. The van der Waals surface area contributed by atoms with Crippen LogP contribution in [0.15, 0.2) is 91.1 Å². The number of amides is 4. The summed E-state index contributed by atoms with van der Waals surface area (Å²) in [5.41, 5.74) is 1.84. The zero-order chi connectivity index (χ0) is 30.7. The van der Waals surface area contributed by atoms with Crippen LogP contribution in [0.25, 0.3) is 10.9 Å². The van der Waals surface area contributed by atoms with Gasteiger partial charge in [0.15, 0.2) is 0 Å². The molecule has 4 rings (SSSR count). The Bertz CT molecular complexity index is 1540. The Morgan fingerprint density at radius 1 is 0.884 bits per heavy atom. The second-order valence-corrected chi connectivity index (χ2v) is 10.1. The fraction of sp³-hybridized carbons (Fsp3) is 0.250. The number of nitrogens with one attached hydrogen (secondary N) is 5. The molecule has 43 heavy (non-hydrogen) atoms. The van der Waals surface area contributed by atoms with Gasteiger partial charge < -0.3 is 35.7 Å². The van der Waals surface area contributed by atoms with E-state index in [0.29, 0.717) is 0 Å². The van der Waals surface area contributed by atoms with E-state index in [9.17, 15) is 19.2 Å². The molecule has 0 aliphatic rings. The first kappa shape index (κ1) is 30.6. The van der Waals surface area contributed by atoms with Gasteiger partial charge in [0, 0.05) is 30.1 Å². The maximum Gasteiger partial charge on any atom is 0.408 e. The predicted molar refractivity (Wildman–Crippen MR) is 161 cm³/mol. The number of aromatic nitrogens is 1. The summed E-state index contributed by atoms with van der Waals surface area (Å²) >= 11 is 0. The average molecular weight is 586 g/mol. The molecule has 4 aromatic rings. The number of hydrogen-bond acceptors (Lipinski definition) is 6. The number of urea groups is 1. The third-order valence-electron chi connectivity index (χ3n) is 6.90. The number of hydrogen-bond donors (Lipinski definition) is 5. The van der Waals surface area contributed by atoms with Gasteiger partial charge in [0.05, 0.1) is 13.2 Å². The normalized spacial score (nSPS) is 12.8. The maximum atomic E-state index is 13.8. The van der Waals surface area contributed by atoms with Crippen molar-refractivity contribution in [2.45, 2.75) is 31.5 Å². The van der Waals surface area contributed by atoms with Gasteiger partial charge in [0.2, 0.25) is 5.91 Å². The zero-order valence-electron chi connectivity index (χ0n) is 24.0. The average Bonchev–Trinajstić information content (AvgIpc) is 3.43. The molecule has 0 aliphatic heterocycles. The van der Waals surface area contributed by atoms with Crippen molar-refractivity contribution in [3.63, 3.8) is 0 Å². The second-order valence-electron chi connectivity index (χ2n) is 10.1. The number of ether oxygens (including phenoxy) is 2. The van der Waals surface area contributed by atoms with E-state index >= 15 is 0 Å². The summed E-state index contributed by atoms with van der Waals surface area (Å²) in [4.78, 5) is 54.0.